The molecule has 7 heteroatoms. The van der Waals surface area contributed by atoms with Crippen molar-refractivity contribution < 1.29 is 14.3 Å². The molecule has 122 valence electrons. The smallest absolute Gasteiger partial charge is 0.254 e. The van der Waals surface area contributed by atoms with Crippen LogP contribution in [0.1, 0.15) is 28.9 Å². The number of benzene rings is 1. The molecule has 0 saturated carbocycles. The minimum atomic E-state index is -0.300. The topological polar surface area (TPSA) is 60.5 Å². The second-order valence-electron chi connectivity index (χ2n) is 4.80. The van der Waals surface area contributed by atoms with Crippen LogP contribution < -0.4 is 14.8 Å². The van der Waals surface area contributed by atoms with E-state index in [1.807, 2.05) is 19.1 Å². The molecule has 1 N–H and O–H groups in total. The first-order valence-electron chi connectivity index (χ1n) is 6.80. The van der Waals surface area contributed by atoms with E-state index in [4.69, 9.17) is 21.1 Å². The summed E-state index contributed by atoms with van der Waals surface area (Å²) in [5, 5.41) is 3.05. The van der Waals surface area contributed by atoms with E-state index >= 15 is 0 Å². The number of nitrogens with one attached hydrogen (secondary N) is 1. The van der Waals surface area contributed by atoms with Crippen LogP contribution in [0.15, 0.2) is 34.9 Å². The molecule has 0 spiro atoms. The molecule has 0 aliphatic rings. The number of aromatic nitrogens is 1. The number of ether oxygens (including phenoxy) is 2. The fraction of sp³-hybridized carbons (Fsp3) is 0.250. The van der Waals surface area contributed by atoms with Gasteiger partial charge in [0, 0.05) is 10.7 Å². The molecule has 1 amide bonds. The largest absolute Gasteiger partial charge is 0.493 e. The Labute approximate surface area is 148 Å². The van der Waals surface area contributed by atoms with E-state index in [2.05, 4.69) is 26.2 Å². The summed E-state index contributed by atoms with van der Waals surface area (Å²) < 4.78 is 11.2. The van der Waals surface area contributed by atoms with E-state index in [-0.39, 0.29) is 17.1 Å². The molecule has 0 radical (unpaired) electrons. The van der Waals surface area contributed by atoms with Gasteiger partial charge in [0.1, 0.15) is 5.15 Å². The van der Waals surface area contributed by atoms with Gasteiger partial charge in [-0.25, -0.2) is 4.98 Å². The number of rotatable bonds is 5. The number of amides is 1. The Balaban J connectivity index is 2.19. The summed E-state index contributed by atoms with van der Waals surface area (Å²) in [6, 6.07) is 6.88. The van der Waals surface area contributed by atoms with Crippen molar-refractivity contribution in [3.05, 3.63) is 51.2 Å². The first kappa shape index (κ1) is 17.6. The fourth-order valence-corrected chi connectivity index (χ4v) is 2.58. The predicted molar refractivity (Wildman–Crippen MR) is 92.4 cm³/mol. The lowest BCUT2D eigenvalue weighted by atomic mass is 10.1. The van der Waals surface area contributed by atoms with E-state index < -0.39 is 0 Å². The lowest BCUT2D eigenvalue weighted by Gasteiger charge is -2.17. The third-order valence-corrected chi connectivity index (χ3v) is 4.04. The number of carbonyl (C=O) groups excluding carboxylic acids is 1. The summed E-state index contributed by atoms with van der Waals surface area (Å²) in [7, 11) is 3.14. The number of methoxy groups -OCH3 is 2. The summed E-state index contributed by atoms with van der Waals surface area (Å²) in [6.07, 6.45) is 1.54. The lowest BCUT2D eigenvalue weighted by molar-refractivity contribution is 0.0939. The van der Waals surface area contributed by atoms with Crippen LogP contribution in [0.4, 0.5) is 0 Å². The van der Waals surface area contributed by atoms with Gasteiger partial charge in [0.2, 0.25) is 0 Å². The zero-order valence-electron chi connectivity index (χ0n) is 12.9. The normalized spacial score (nSPS) is 11.7. The van der Waals surface area contributed by atoms with Crippen molar-refractivity contribution in [1.29, 1.82) is 0 Å². The van der Waals surface area contributed by atoms with Crippen molar-refractivity contribution in [2.75, 3.05) is 14.2 Å². The Hall–Kier alpha value is -1.79. The Morgan fingerprint density at radius 3 is 2.61 bits per heavy atom. The van der Waals surface area contributed by atoms with Crippen molar-refractivity contribution >= 4 is 33.4 Å². The van der Waals surface area contributed by atoms with Gasteiger partial charge in [-0.15, -0.1) is 0 Å². The Morgan fingerprint density at radius 1 is 1.26 bits per heavy atom. The monoisotopic (exact) mass is 398 g/mol. The van der Waals surface area contributed by atoms with Crippen molar-refractivity contribution in [2.24, 2.45) is 0 Å². The molecule has 1 unspecified atom stereocenters. The maximum atomic E-state index is 12.4. The second kappa shape index (κ2) is 7.66. The van der Waals surface area contributed by atoms with Crippen LogP contribution in [0.25, 0.3) is 0 Å². The first-order valence-corrected chi connectivity index (χ1v) is 7.97. The number of carbonyl (C=O) groups is 1. The van der Waals surface area contributed by atoms with Gasteiger partial charge >= 0.3 is 0 Å². The maximum Gasteiger partial charge on any atom is 0.254 e. The average Bonchev–Trinajstić information content (AvgIpc) is 2.56. The molecule has 0 fully saturated rings. The Morgan fingerprint density at radius 2 is 1.96 bits per heavy atom. The van der Waals surface area contributed by atoms with Crippen LogP contribution in [0.5, 0.6) is 11.5 Å². The van der Waals surface area contributed by atoms with E-state index in [9.17, 15) is 4.79 Å². The van der Waals surface area contributed by atoms with Crippen molar-refractivity contribution in [3.63, 3.8) is 0 Å². The van der Waals surface area contributed by atoms with Crippen LogP contribution in [0.3, 0.4) is 0 Å². The number of nitrogens with zero attached hydrogens (tertiary/aromatic N) is 1. The molecular formula is C16H16BrClN2O3. The summed E-state index contributed by atoms with van der Waals surface area (Å²) in [4.78, 5) is 16.3. The highest BCUT2D eigenvalue weighted by Gasteiger charge is 2.17. The van der Waals surface area contributed by atoms with Gasteiger partial charge in [-0.1, -0.05) is 17.7 Å². The molecule has 1 aromatic carbocycles. The van der Waals surface area contributed by atoms with Gasteiger partial charge in [0.05, 0.1) is 25.8 Å². The third-order valence-electron chi connectivity index (χ3n) is 3.31. The minimum Gasteiger partial charge on any atom is -0.493 e. The summed E-state index contributed by atoms with van der Waals surface area (Å²) >= 11 is 9.26. The van der Waals surface area contributed by atoms with Gasteiger partial charge in [-0.2, -0.15) is 0 Å². The SMILES string of the molecule is COc1ccc(C(C)NC(=O)c2cc(Br)cnc2Cl)cc1OC. The number of pyridine rings is 1. The van der Waals surface area contributed by atoms with Gasteiger partial charge < -0.3 is 14.8 Å². The van der Waals surface area contributed by atoms with Crippen LogP contribution in [-0.4, -0.2) is 25.1 Å². The van der Waals surface area contributed by atoms with E-state index in [0.717, 1.165) is 5.56 Å². The van der Waals surface area contributed by atoms with Gasteiger partial charge in [0.15, 0.2) is 11.5 Å². The number of hydrogen-bond acceptors (Lipinski definition) is 4. The molecule has 1 aromatic heterocycles. The summed E-state index contributed by atoms with van der Waals surface area (Å²) in [6.45, 7) is 1.87. The molecule has 23 heavy (non-hydrogen) atoms. The van der Waals surface area contributed by atoms with E-state index in [0.29, 0.717) is 21.5 Å². The zero-order valence-corrected chi connectivity index (χ0v) is 15.2. The Kier molecular flexibility index (Phi) is 5.85. The standard InChI is InChI=1S/C16H16BrClN2O3/c1-9(10-4-5-13(22-2)14(6-10)23-3)20-16(21)12-7-11(17)8-19-15(12)18/h4-9H,1-3H3,(H,20,21). The zero-order chi connectivity index (χ0) is 17.0. The van der Waals surface area contributed by atoms with Crippen molar-refractivity contribution in [3.8, 4) is 11.5 Å². The van der Waals surface area contributed by atoms with Crippen LogP contribution in [-0.2, 0) is 0 Å². The quantitative estimate of drug-likeness (QED) is 0.772. The van der Waals surface area contributed by atoms with E-state index in [1.54, 1.807) is 26.4 Å². The molecule has 2 aromatic rings. The molecule has 0 aliphatic heterocycles. The molecule has 0 aliphatic carbocycles. The van der Waals surface area contributed by atoms with E-state index in [1.165, 1.54) is 6.20 Å². The molecule has 2 rings (SSSR count). The van der Waals surface area contributed by atoms with Gasteiger partial charge in [-0.05, 0) is 46.6 Å². The lowest BCUT2D eigenvalue weighted by Crippen LogP contribution is -2.27. The number of hydrogen-bond donors (Lipinski definition) is 1. The predicted octanol–water partition coefficient (Wildman–Crippen LogP) is 4.01. The Bertz CT molecular complexity index is 724. The van der Waals surface area contributed by atoms with Crippen molar-refractivity contribution in [1.82, 2.24) is 10.3 Å². The molecule has 1 heterocycles. The summed E-state index contributed by atoms with van der Waals surface area (Å²) in [5.41, 5.74) is 1.20. The van der Waals surface area contributed by atoms with Gasteiger partial charge in [-0.3, -0.25) is 4.79 Å². The second-order valence-corrected chi connectivity index (χ2v) is 6.08. The molecule has 0 bridgehead atoms. The maximum absolute atomic E-state index is 12.4. The van der Waals surface area contributed by atoms with Gasteiger partial charge in [0.25, 0.3) is 5.91 Å². The highest BCUT2D eigenvalue weighted by molar-refractivity contribution is 9.10. The highest BCUT2D eigenvalue weighted by Crippen LogP contribution is 2.30. The van der Waals surface area contributed by atoms with Crippen LogP contribution >= 0.6 is 27.5 Å². The fourth-order valence-electron chi connectivity index (χ4n) is 2.06. The molecule has 0 saturated heterocycles. The first-order chi connectivity index (χ1) is 11.0. The summed E-state index contributed by atoms with van der Waals surface area (Å²) in [5.74, 6) is 0.938. The van der Waals surface area contributed by atoms with Crippen molar-refractivity contribution in [2.45, 2.75) is 13.0 Å². The third kappa shape index (κ3) is 4.14. The van der Waals surface area contributed by atoms with Crippen LogP contribution in [0, 0.1) is 0 Å². The molecule has 1 atom stereocenters. The number of halogens is 2. The highest BCUT2D eigenvalue weighted by atomic mass is 79.9. The minimum absolute atomic E-state index is 0.158. The average molecular weight is 400 g/mol. The molecule has 5 nitrogen and oxygen atoms in total. The molecular weight excluding hydrogens is 384 g/mol. The van der Waals surface area contributed by atoms with Crippen LogP contribution in [0.2, 0.25) is 5.15 Å².